The molecule has 0 spiro atoms. The summed E-state index contributed by atoms with van der Waals surface area (Å²) in [5, 5.41) is 21.7. The summed E-state index contributed by atoms with van der Waals surface area (Å²) in [4.78, 5) is 14.1. The van der Waals surface area contributed by atoms with E-state index >= 15 is 0 Å². The number of halogens is 3. The number of aliphatic hydroxyl groups excluding tert-OH is 2. The van der Waals surface area contributed by atoms with E-state index < -0.39 is 16.0 Å². The van der Waals surface area contributed by atoms with Crippen LogP contribution < -0.4 is 5.32 Å². The molecule has 4 rings (SSSR count). The van der Waals surface area contributed by atoms with Crippen LogP contribution in [0.25, 0.3) is 0 Å². The molecule has 10 heteroatoms. The normalized spacial score (nSPS) is 25.1. The molecule has 2 aliphatic heterocycles. The third kappa shape index (κ3) is 7.11. The number of likely N-dealkylation sites (tertiary alicyclic amines) is 1. The Kier molecular flexibility index (Phi) is 9.52. The highest BCUT2D eigenvalue weighted by atomic mass is 35.6. The van der Waals surface area contributed by atoms with Crippen molar-refractivity contribution in [3.05, 3.63) is 70.8 Å². The fourth-order valence-electron chi connectivity index (χ4n) is 4.71. The molecule has 196 valence electrons. The van der Waals surface area contributed by atoms with Crippen molar-refractivity contribution in [2.45, 2.75) is 60.7 Å². The molecular weight excluding hydrogens is 527 g/mol. The first-order valence-electron chi connectivity index (χ1n) is 12.1. The van der Waals surface area contributed by atoms with Crippen LogP contribution in [0, 0.1) is 0 Å². The van der Waals surface area contributed by atoms with Gasteiger partial charge in [-0.2, -0.15) is 0 Å². The smallest absolute Gasteiger partial charge is 0.272 e. The molecule has 2 aromatic carbocycles. The zero-order valence-electron chi connectivity index (χ0n) is 19.8. The molecule has 2 saturated heterocycles. The summed E-state index contributed by atoms with van der Waals surface area (Å²) in [6.07, 6.45) is 1.91. The van der Waals surface area contributed by atoms with Gasteiger partial charge in [0.25, 0.3) is 9.70 Å². The Morgan fingerprint density at radius 2 is 1.67 bits per heavy atom. The lowest BCUT2D eigenvalue weighted by Crippen LogP contribution is -2.42. The largest absolute Gasteiger partial charge is 0.395 e. The summed E-state index contributed by atoms with van der Waals surface area (Å²) in [6.45, 7) is 2.03. The molecule has 4 unspecified atom stereocenters. The second-order valence-electron chi connectivity index (χ2n) is 9.25. The molecule has 0 saturated carbocycles. The summed E-state index contributed by atoms with van der Waals surface area (Å²) in [5.74, 6) is -0.684. The van der Waals surface area contributed by atoms with E-state index in [9.17, 15) is 15.0 Å². The molecule has 0 aromatic heterocycles. The molecule has 3 N–H and O–H groups in total. The van der Waals surface area contributed by atoms with Gasteiger partial charge in [0.05, 0.1) is 25.4 Å². The van der Waals surface area contributed by atoms with Crippen LogP contribution in [0.1, 0.15) is 53.9 Å². The van der Waals surface area contributed by atoms with Crippen LogP contribution in [-0.2, 0) is 27.4 Å². The maximum atomic E-state index is 11.8. The Bertz CT molecular complexity index is 1000. The highest BCUT2D eigenvalue weighted by Crippen LogP contribution is 2.38. The number of carbonyl (C=O) groups is 1. The average Bonchev–Trinajstić information content (AvgIpc) is 3.33. The summed E-state index contributed by atoms with van der Waals surface area (Å²) < 4.78 is 10.8. The lowest BCUT2D eigenvalue weighted by atomic mass is 9.99. The van der Waals surface area contributed by atoms with Crippen molar-refractivity contribution >= 4 is 40.7 Å². The van der Waals surface area contributed by atoms with Crippen molar-refractivity contribution in [3.8, 4) is 0 Å². The van der Waals surface area contributed by atoms with E-state index in [1.165, 1.54) is 0 Å². The van der Waals surface area contributed by atoms with Crippen LogP contribution in [0.15, 0.2) is 48.5 Å². The van der Waals surface area contributed by atoms with Crippen molar-refractivity contribution < 1.29 is 24.5 Å². The monoisotopic (exact) mass is 556 g/mol. The summed E-state index contributed by atoms with van der Waals surface area (Å²) in [5.41, 5.74) is 3.57. The molecule has 36 heavy (non-hydrogen) atoms. The fourth-order valence-corrected chi connectivity index (χ4v) is 4.91. The van der Waals surface area contributed by atoms with Gasteiger partial charge in [-0.05, 0) is 36.1 Å². The van der Waals surface area contributed by atoms with Crippen molar-refractivity contribution in [1.29, 1.82) is 0 Å². The SMILES string of the molecule is O=C(NCc1ccc(C2OC(CN3CCCC3CO)CC(c3ccc(CO)cc3)O2)cc1)C(Cl)(Cl)Cl. The Balaban J connectivity index is 1.48. The lowest BCUT2D eigenvalue weighted by Gasteiger charge is -2.38. The molecule has 2 fully saturated rings. The second kappa shape index (κ2) is 12.4. The number of amides is 1. The predicted octanol–water partition coefficient (Wildman–Crippen LogP) is 4.17. The van der Waals surface area contributed by atoms with Crippen molar-refractivity contribution in [1.82, 2.24) is 10.2 Å². The number of rotatable bonds is 8. The number of nitrogens with one attached hydrogen (secondary N) is 1. The van der Waals surface area contributed by atoms with Crippen molar-refractivity contribution in [2.75, 3.05) is 19.7 Å². The van der Waals surface area contributed by atoms with E-state index in [4.69, 9.17) is 44.3 Å². The van der Waals surface area contributed by atoms with Crippen molar-refractivity contribution in [3.63, 3.8) is 0 Å². The fraction of sp³-hybridized carbons (Fsp3) is 0.500. The average molecular weight is 558 g/mol. The Hall–Kier alpha value is -1.42. The van der Waals surface area contributed by atoms with Crippen LogP contribution in [0.2, 0.25) is 0 Å². The minimum atomic E-state index is -2.01. The number of hydrogen-bond acceptors (Lipinski definition) is 6. The number of carbonyl (C=O) groups excluding carboxylic acids is 1. The Labute approximate surface area is 226 Å². The molecule has 0 bridgehead atoms. The first-order chi connectivity index (χ1) is 17.3. The first kappa shape index (κ1) is 27.6. The lowest BCUT2D eigenvalue weighted by molar-refractivity contribution is -0.253. The van der Waals surface area contributed by atoms with Gasteiger partial charge in [0.15, 0.2) is 6.29 Å². The molecular formula is C26H31Cl3N2O5. The number of hydrogen-bond donors (Lipinski definition) is 3. The van der Waals surface area contributed by atoms with Crippen LogP contribution >= 0.6 is 34.8 Å². The first-order valence-corrected chi connectivity index (χ1v) is 13.2. The van der Waals surface area contributed by atoms with Gasteiger partial charge in [-0.3, -0.25) is 9.69 Å². The quantitative estimate of drug-likeness (QED) is 0.422. The molecule has 1 amide bonds. The predicted molar refractivity (Wildman–Crippen MR) is 139 cm³/mol. The van der Waals surface area contributed by atoms with E-state index in [1.54, 1.807) is 0 Å². The van der Waals surface area contributed by atoms with Gasteiger partial charge in [-0.25, -0.2) is 0 Å². The van der Waals surface area contributed by atoms with Gasteiger partial charge in [0.2, 0.25) is 0 Å². The van der Waals surface area contributed by atoms with Gasteiger partial charge in [-0.15, -0.1) is 0 Å². The van der Waals surface area contributed by atoms with E-state index in [-0.39, 0.29) is 38.0 Å². The molecule has 2 heterocycles. The maximum absolute atomic E-state index is 11.8. The Morgan fingerprint density at radius 1 is 1.00 bits per heavy atom. The van der Waals surface area contributed by atoms with Crippen LogP contribution in [0.5, 0.6) is 0 Å². The molecule has 0 aliphatic carbocycles. The maximum Gasteiger partial charge on any atom is 0.272 e. The standard InChI is InChI=1S/C26H31Cl3N2O5/c27-26(28,29)25(34)30-13-17-3-9-20(10-4-17)24-35-22(14-31-11-1-2-21(31)16-33)12-23(36-24)19-7-5-18(15-32)6-8-19/h3-10,21-24,32-33H,1-2,11-16H2,(H,30,34). The molecule has 2 aromatic rings. The molecule has 2 aliphatic rings. The summed E-state index contributed by atoms with van der Waals surface area (Å²) in [6, 6.07) is 15.5. The molecule has 4 atom stereocenters. The van der Waals surface area contributed by atoms with Crippen LogP contribution in [0.4, 0.5) is 0 Å². The topological polar surface area (TPSA) is 91.3 Å². The van der Waals surface area contributed by atoms with Crippen LogP contribution in [0.3, 0.4) is 0 Å². The van der Waals surface area contributed by atoms with E-state index in [0.717, 1.165) is 48.2 Å². The number of aliphatic hydroxyl groups is 2. The van der Waals surface area contributed by atoms with E-state index in [2.05, 4.69) is 10.2 Å². The number of benzene rings is 2. The second-order valence-corrected chi connectivity index (χ2v) is 11.5. The van der Waals surface area contributed by atoms with Gasteiger partial charge < -0.3 is 25.0 Å². The third-order valence-electron chi connectivity index (χ3n) is 6.73. The highest BCUT2D eigenvalue weighted by molar-refractivity contribution is 6.76. The van der Waals surface area contributed by atoms with E-state index in [1.807, 2.05) is 48.5 Å². The van der Waals surface area contributed by atoms with Crippen molar-refractivity contribution in [2.24, 2.45) is 0 Å². The van der Waals surface area contributed by atoms with Gasteiger partial charge >= 0.3 is 0 Å². The minimum Gasteiger partial charge on any atom is -0.395 e. The minimum absolute atomic E-state index is 0.00780. The number of alkyl halides is 3. The van der Waals surface area contributed by atoms with Gasteiger partial charge in [-0.1, -0.05) is 83.3 Å². The Morgan fingerprint density at radius 3 is 2.31 bits per heavy atom. The summed E-state index contributed by atoms with van der Waals surface area (Å²) in [7, 11) is 0. The zero-order valence-corrected chi connectivity index (χ0v) is 22.1. The van der Waals surface area contributed by atoms with Crippen LogP contribution in [-0.4, -0.2) is 56.7 Å². The molecule has 0 radical (unpaired) electrons. The number of nitrogens with zero attached hydrogens (tertiary/aromatic N) is 1. The van der Waals surface area contributed by atoms with Gasteiger partial charge in [0.1, 0.15) is 0 Å². The zero-order chi connectivity index (χ0) is 25.7. The van der Waals surface area contributed by atoms with Gasteiger partial charge in [0, 0.05) is 31.1 Å². The number of ether oxygens (including phenoxy) is 2. The molecule has 7 nitrogen and oxygen atoms in total. The summed E-state index contributed by atoms with van der Waals surface area (Å²) >= 11 is 16.8. The highest BCUT2D eigenvalue weighted by Gasteiger charge is 2.35. The third-order valence-corrected chi connectivity index (χ3v) is 7.24. The van der Waals surface area contributed by atoms with E-state index in [0.29, 0.717) is 6.42 Å².